The minimum Gasteiger partial charge on any atom is -0.313 e. The number of hydrogen-bond donors (Lipinski definition) is 2. The predicted octanol–water partition coefficient (Wildman–Crippen LogP) is 2.68. The number of nitrogens with one attached hydrogen (secondary N) is 2. The molecule has 0 radical (unpaired) electrons. The lowest BCUT2D eigenvalue weighted by Gasteiger charge is -2.12. The molecule has 3 heteroatoms. The van der Waals surface area contributed by atoms with Gasteiger partial charge in [-0.25, -0.2) is 0 Å². The average molecular weight is 238 g/mol. The fraction of sp³-hybridized carbons (Fsp3) is 0.692. The molecule has 90 valence electrons. The molecular weight excluding hydrogens is 216 g/mol. The van der Waals surface area contributed by atoms with Gasteiger partial charge in [0, 0.05) is 25.7 Å². The number of rotatable bonds is 6. The Balaban J connectivity index is 1.53. The van der Waals surface area contributed by atoms with E-state index in [9.17, 15) is 0 Å². The Morgan fingerprint density at radius 2 is 2.06 bits per heavy atom. The van der Waals surface area contributed by atoms with Crippen LogP contribution in [0.4, 0.5) is 0 Å². The lowest BCUT2D eigenvalue weighted by molar-refractivity contribution is 0.509. The first-order valence-electron chi connectivity index (χ1n) is 6.32. The third-order valence-electron chi connectivity index (χ3n) is 3.37. The summed E-state index contributed by atoms with van der Waals surface area (Å²) in [5.74, 6) is 0. The maximum Gasteiger partial charge on any atom is 0.0216 e. The first-order chi connectivity index (χ1) is 7.86. The van der Waals surface area contributed by atoms with Gasteiger partial charge in [-0.2, -0.15) is 11.3 Å². The molecule has 2 N–H and O–H groups in total. The highest BCUT2D eigenvalue weighted by molar-refractivity contribution is 7.08. The maximum absolute atomic E-state index is 3.62. The quantitative estimate of drug-likeness (QED) is 0.745. The van der Waals surface area contributed by atoms with E-state index >= 15 is 0 Å². The van der Waals surface area contributed by atoms with Crippen molar-refractivity contribution in [1.82, 2.24) is 10.6 Å². The summed E-state index contributed by atoms with van der Waals surface area (Å²) in [5.41, 5.74) is 2.87. The Hall–Kier alpha value is -0.380. The van der Waals surface area contributed by atoms with Crippen molar-refractivity contribution in [1.29, 1.82) is 0 Å². The van der Waals surface area contributed by atoms with Gasteiger partial charge in [-0.3, -0.25) is 0 Å². The molecule has 1 aliphatic rings. The second kappa shape index (κ2) is 6.38. The molecule has 0 aromatic carbocycles. The van der Waals surface area contributed by atoms with E-state index in [1.807, 2.05) is 0 Å². The van der Waals surface area contributed by atoms with Gasteiger partial charge in [0.1, 0.15) is 0 Å². The zero-order chi connectivity index (χ0) is 11.2. The molecule has 1 aromatic rings. The van der Waals surface area contributed by atoms with Gasteiger partial charge in [0.15, 0.2) is 0 Å². The van der Waals surface area contributed by atoms with E-state index in [0.717, 1.165) is 25.7 Å². The molecule has 0 spiro atoms. The van der Waals surface area contributed by atoms with Crippen molar-refractivity contribution < 1.29 is 0 Å². The zero-order valence-corrected chi connectivity index (χ0v) is 10.9. The van der Waals surface area contributed by atoms with Crippen LogP contribution in [0.5, 0.6) is 0 Å². The van der Waals surface area contributed by atoms with Gasteiger partial charge >= 0.3 is 0 Å². The summed E-state index contributed by atoms with van der Waals surface area (Å²) < 4.78 is 0. The second-order valence-electron chi connectivity index (χ2n) is 4.69. The van der Waals surface area contributed by atoms with Gasteiger partial charge in [-0.15, -0.1) is 0 Å². The standard InChI is InChI=1S/C13H22N2S/c1-11-9-16-10-12(11)8-14-6-7-15-13-4-2-3-5-13/h9-10,13-15H,2-8H2,1H3. The van der Waals surface area contributed by atoms with Crippen LogP contribution in [0.2, 0.25) is 0 Å². The molecule has 16 heavy (non-hydrogen) atoms. The van der Waals surface area contributed by atoms with Crippen molar-refractivity contribution in [2.24, 2.45) is 0 Å². The Bertz CT molecular complexity index is 303. The normalized spacial score (nSPS) is 17.1. The number of thiophene rings is 1. The van der Waals surface area contributed by atoms with Crippen molar-refractivity contribution in [3.63, 3.8) is 0 Å². The van der Waals surface area contributed by atoms with E-state index in [2.05, 4.69) is 28.3 Å². The number of aryl methyl sites for hydroxylation is 1. The molecule has 1 fully saturated rings. The van der Waals surface area contributed by atoms with Crippen LogP contribution in [0.1, 0.15) is 36.8 Å². The van der Waals surface area contributed by atoms with Crippen LogP contribution in [-0.2, 0) is 6.54 Å². The first-order valence-corrected chi connectivity index (χ1v) is 7.26. The molecule has 0 bridgehead atoms. The Kier molecular flexibility index (Phi) is 4.82. The second-order valence-corrected chi connectivity index (χ2v) is 5.44. The molecule has 1 aliphatic carbocycles. The lowest BCUT2D eigenvalue weighted by atomic mass is 10.2. The minimum atomic E-state index is 0.796. The molecular formula is C13H22N2S. The van der Waals surface area contributed by atoms with E-state index in [0.29, 0.717) is 0 Å². The molecule has 1 saturated carbocycles. The molecule has 0 atom stereocenters. The van der Waals surface area contributed by atoms with Crippen molar-refractivity contribution in [3.8, 4) is 0 Å². The van der Waals surface area contributed by atoms with Crippen LogP contribution in [0.15, 0.2) is 10.8 Å². The van der Waals surface area contributed by atoms with E-state index in [-0.39, 0.29) is 0 Å². The van der Waals surface area contributed by atoms with Crippen LogP contribution in [0, 0.1) is 6.92 Å². The summed E-state index contributed by atoms with van der Waals surface area (Å²) in [4.78, 5) is 0. The van der Waals surface area contributed by atoms with Crippen molar-refractivity contribution >= 4 is 11.3 Å². The van der Waals surface area contributed by atoms with E-state index in [4.69, 9.17) is 0 Å². The third kappa shape index (κ3) is 3.58. The molecule has 1 aromatic heterocycles. The first kappa shape index (κ1) is 12.1. The Morgan fingerprint density at radius 1 is 1.25 bits per heavy atom. The molecule has 1 heterocycles. The van der Waals surface area contributed by atoms with Gasteiger partial charge in [0.05, 0.1) is 0 Å². The molecule has 2 rings (SSSR count). The summed E-state index contributed by atoms with van der Waals surface area (Å²) in [6, 6.07) is 0.796. The van der Waals surface area contributed by atoms with Crippen molar-refractivity contribution in [2.75, 3.05) is 13.1 Å². The summed E-state index contributed by atoms with van der Waals surface area (Å²) in [6.45, 7) is 5.38. The van der Waals surface area contributed by atoms with Crippen LogP contribution >= 0.6 is 11.3 Å². The van der Waals surface area contributed by atoms with Crippen LogP contribution in [0.3, 0.4) is 0 Å². The van der Waals surface area contributed by atoms with E-state index in [1.54, 1.807) is 11.3 Å². The van der Waals surface area contributed by atoms with Crippen molar-refractivity contribution in [2.45, 2.75) is 45.2 Å². The van der Waals surface area contributed by atoms with Crippen LogP contribution in [-0.4, -0.2) is 19.1 Å². The van der Waals surface area contributed by atoms with Crippen LogP contribution in [0.25, 0.3) is 0 Å². The van der Waals surface area contributed by atoms with Crippen LogP contribution < -0.4 is 10.6 Å². The fourth-order valence-electron chi connectivity index (χ4n) is 2.29. The minimum absolute atomic E-state index is 0.796. The van der Waals surface area contributed by atoms with E-state index < -0.39 is 0 Å². The molecule has 0 amide bonds. The summed E-state index contributed by atoms with van der Waals surface area (Å²) in [6.07, 6.45) is 5.59. The third-order valence-corrected chi connectivity index (χ3v) is 4.28. The highest BCUT2D eigenvalue weighted by Gasteiger charge is 2.12. The topological polar surface area (TPSA) is 24.1 Å². The predicted molar refractivity (Wildman–Crippen MR) is 71.0 cm³/mol. The van der Waals surface area contributed by atoms with Gasteiger partial charge in [0.25, 0.3) is 0 Å². The van der Waals surface area contributed by atoms with Gasteiger partial charge in [-0.1, -0.05) is 12.8 Å². The summed E-state index contributed by atoms with van der Waals surface area (Å²) in [7, 11) is 0. The smallest absolute Gasteiger partial charge is 0.0216 e. The zero-order valence-electron chi connectivity index (χ0n) is 10.1. The number of hydrogen-bond acceptors (Lipinski definition) is 3. The fourth-order valence-corrected chi connectivity index (χ4v) is 3.14. The largest absolute Gasteiger partial charge is 0.313 e. The Morgan fingerprint density at radius 3 is 2.75 bits per heavy atom. The lowest BCUT2D eigenvalue weighted by Crippen LogP contribution is -2.33. The summed E-state index contributed by atoms with van der Waals surface area (Å²) >= 11 is 1.79. The average Bonchev–Trinajstić information content (AvgIpc) is 2.90. The highest BCUT2D eigenvalue weighted by Crippen LogP contribution is 2.17. The van der Waals surface area contributed by atoms with Gasteiger partial charge in [-0.05, 0) is 41.7 Å². The Labute approximate surface area is 102 Å². The van der Waals surface area contributed by atoms with E-state index in [1.165, 1.54) is 36.8 Å². The molecule has 0 unspecified atom stereocenters. The van der Waals surface area contributed by atoms with Crippen molar-refractivity contribution in [3.05, 3.63) is 21.9 Å². The molecule has 0 saturated heterocycles. The highest BCUT2D eigenvalue weighted by atomic mass is 32.1. The maximum atomic E-state index is 3.62. The molecule has 0 aliphatic heterocycles. The molecule has 2 nitrogen and oxygen atoms in total. The SMILES string of the molecule is Cc1cscc1CNCCNC1CCCC1. The van der Waals surface area contributed by atoms with Gasteiger partial charge in [0.2, 0.25) is 0 Å². The monoisotopic (exact) mass is 238 g/mol. The summed E-state index contributed by atoms with van der Waals surface area (Å²) in [5, 5.41) is 11.6. The van der Waals surface area contributed by atoms with Gasteiger partial charge < -0.3 is 10.6 Å².